The molecular weight excluding hydrogens is 230 g/mol. The van der Waals surface area contributed by atoms with Crippen molar-refractivity contribution in [2.45, 2.75) is 10.6 Å². The lowest BCUT2D eigenvalue weighted by atomic mass is 10.2. The highest BCUT2D eigenvalue weighted by atomic mass is 32.2. The van der Waals surface area contributed by atoms with Crippen LogP contribution in [0.2, 0.25) is 0 Å². The topological polar surface area (TPSA) is 29.1 Å². The van der Waals surface area contributed by atoms with E-state index >= 15 is 0 Å². The summed E-state index contributed by atoms with van der Waals surface area (Å²) in [7, 11) is 0. The van der Waals surface area contributed by atoms with Crippen molar-refractivity contribution in [3.8, 4) is 0 Å². The first-order valence-electron chi connectivity index (χ1n) is 5.35. The summed E-state index contributed by atoms with van der Waals surface area (Å²) in [6, 6.07) is 18.2. The van der Waals surface area contributed by atoms with Crippen LogP contribution in [0.4, 0.5) is 5.69 Å². The van der Waals surface area contributed by atoms with E-state index in [2.05, 4.69) is 17.4 Å². The molecule has 0 bridgehead atoms. The molecule has 0 spiro atoms. The summed E-state index contributed by atoms with van der Waals surface area (Å²) in [5.74, 6) is 0.960. The molecule has 0 aliphatic heterocycles. The molecular formula is C14H13NOS. The van der Waals surface area contributed by atoms with E-state index in [1.165, 1.54) is 10.5 Å². The highest BCUT2D eigenvalue weighted by Crippen LogP contribution is 2.23. The largest absolute Gasteiger partial charge is 0.329 e. The number of carbonyl (C=O) groups is 1. The van der Waals surface area contributed by atoms with Gasteiger partial charge in [-0.1, -0.05) is 30.3 Å². The molecule has 0 heterocycles. The molecule has 2 rings (SSSR count). The molecule has 17 heavy (non-hydrogen) atoms. The number of carbonyl (C=O) groups excluding carboxylic acids is 1. The smallest absolute Gasteiger partial charge is 0.211 e. The van der Waals surface area contributed by atoms with Gasteiger partial charge < -0.3 is 5.32 Å². The van der Waals surface area contributed by atoms with Crippen LogP contribution in [0.1, 0.15) is 5.56 Å². The van der Waals surface area contributed by atoms with Crippen LogP contribution in [0, 0.1) is 0 Å². The van der Waals surface area contributed by atoms with Gasteiger partial charge in [-0.2, -0.15) is 0 Å². The molecule has 86 valence electrons. The van der Waals surface area contributed by atoms with Gasteiger partial charge in [0.1, 0.15) is 0 Å². The highest BCUT2D eigenvalue weighted by molar-refractivity contribution is 7.98. The van der Waals surface area contributed by atoms with Gasteiger partial charge in [-0.25, -0.2) is 0 Å². The van der Waals surface area contributed by atoms with Crippen molar-refractivity contribution in [3.05, 3.63) is 60.2 Å². The predicted molar refractivity (Wildman–Crippen MR) is 72.1 cm³/mol. The van der Waals surface area contributed by atoms with Crippen molar-refractivity contribution >= 4 is 23.9 Å². The maximum absolute atomic E-state index is 10.3. The lowest BCUT2D eigenvalue weighted by Gasteiger charge is -2.03. The fourth-order valence-corrected chi connectivity index (χ4v) is 2.31. The summed E-state index contributed by atoms with van der Waals surface area (Å²) in [6.07, 6.45) is 0.687. The van der Waals surface area contributed by atoms with E-state index in [1.807, 2.05) is 42.5 Å². The van der Waals surface area contributed by atoms with Gasteiger partial charge in [-0.15, -0.1) is 11.8 Å². The van der Waals surface area contributed by atoms with E-state index in [1.54, 1.807) is 11.8 Å². The van der Waals surface area contributed by atoms with E-state index in [0.29, 0.717) is 6.41 Å². The summed E-state index contributed by atoms with van der Waals surface area (Å²) >= 11 is 1.78. The molecule has 1 N–H and O–H groups in total. The lowest BCUT2D eigenvalue weighted by molar-refractivity contribution is -0.105. The molecule has 0 fully saturated rings. The number of anilines is 1. The number of rotatable bonds is 5. The molecule has 0 unspecified atom stereocenters. The third kappa shape index (κ3) is 3.64. The normalized spacial score (nSPS) is 9.88. The van der Waals surface area contributed by atoms with Gasteiger partial charge in [-0.05, 0) is 29.8 Å². The first-order chi connectivity index (χ1) is 8.38. The Bertz CT molecular complexity index is 467. The second-order valence-corrected chi connectivity index (χ2v) is 4.61. The molecule has 2 aromatic carbocycles. The van der Waals surface area contributed by atoms with Crippen molar-refractivity contribution < 1.29 is 4.79 Å². The molecule has 3 heteroatoms. The van der Waals surface area contributed by atoms with Crippen LogP contribution in [-0.2, 0) is 10.5 Å². The zero-order valence-electron chi connectivity index (χ0n) is 9.30. The zero-order valence-corrected chi connectivity index (χ0v) is 10.1. The van der Waals surface area contributed by atoms with Gasteiger partial charge in [0, 0.05) is 16.3 Å². The van der Waals surface area contributed by atoms with Crippen LogP contribution in [0.25, 0.3) is 0 Å². The number of hydrogen-bond acceptors (Lipinski definition) is 2. The molecule has 2 nitrogen and oxygen atoms in total. The van der Waals surface area contributed by atoms with Gasteiger partial charge in [0.15, 0.2) is 0 Å². The molecule has 0 radical (unpaired) electrons. The van der Waals surface area contributed by atoms with E-state index < -0.39 is 0 Å². The lowest BCUT2D eigenvalue weighted by Crippen LogP contribution is -1.92. The molecule has 0 atom stereocenters. The fraction of sp³-hybridized carbons (Fsp3) is 0.0714. The van der Waals surface area contributed by atoms with Crippen molar-refractivity contribution in [2.75, 3.05) is 5.32 Å². The minimum Gasteiger partial charge on any atom is -0.329 e. The van der Waals surface area contributed by atoms with Crippen molar-refractivity contribution in [2.24, 2.45) is 0 Å². The minimum atomic E-state index is 0.687. The zero-order chi connectivity index (χ0) is 11.9. The standard InChI is InChI=1S/C14H13NOS/c16-11-15-13-6-8-14(9-7-13)17-10-12-4-2-1-3-5-12/h1-9,11H,10H2,(H,15,16). The summed E-state index contributed by atoms with van der Waals surface area (Å²) in [6.45, 7) is 0. The molecule has 1 amide bonds. The average Bonchev–Trinajstić information content (AvgIpc) is 2.40. The fourth-order valence-electron chi connectivity index (χ4n) is 1.46. The third-order valence-electron chi connectivity index (χ3n) is 2.33. The van der Waals surface area contributed by atoms with Gasteiger partial charge in [0.2, 0.25) is 6.41 Å². The van der Waals surface area contributed by atoms with Gasteiger partial charge in [0.05, 0.1) is 0 Å². The first kappa shape index (κ1) is 11.7. The molecule has 0 saturated heterocycles. The van der Waals surface area contributed by atoms with Crippen LogP contribution < -0.4 is 5.32 Å². The summed E-state index contributed by atoms with van der Waals surface area (Å²) in [5, 5.41) is 2.62. The summed E-state index contributed by atoms with van der Waals surface area (Å²) in [4.78, 5) is 11.5. The molecule has 0 saturated carbocycles. The Kier molecular flexibility index (Phi) is 4.22. The average molecular weight is 243 g/mol. The highest BCUT2D eigenvalue weighted by Gasteiger charge is 1.96. The maximum Gasteiger partial charge on any atom is 0.211 e. The number of hydrogen-bond donors (Lipinski definition) is 1. The van der Waals surface area contributed by atoms with Crippen LogP contribution in [0.15, 0.2) is 59.5 Å². The van der Waals surface area contributed by atoms with Crippen LogP contribution in [0.3, 0.4) is 0 Å². The monoisotopic (exact) mass is 243 g/mol. The summed E-state index contributed by atoms with van der Waals surface area (Å²) < 4.78 is 0. The van der Waals surface area contributed by atoms with Gasteiger partial charge >= 0.3 is 0 Å². The summed E-state index contributed by atoms with van der Waals surface area (Å²) in [5.41, 5.74) is 2.14. The SMILES string of the molecule is O=CNc1ccc(SCc2ccccc2)cc1. The van der Waals surface area contributed by atoms with E-state index in [-0.39, 0.29) is 0 Å². The number of nitrogens with one attached hydrogen (secondary N) is 1. The van der Waals surface area contributed by atoms with E-state index in [0.717, 1.165) is 11.4 Å². The number of benzene rings is 2. The Morgan fingerprint density at radius 1 is 1.00 bits per heavy atom. The quantitative estimate of drug-likeness (QED) is 0.642. The van der Waals surface area contributed by atoms with Crippen LogP contribution in [0.5, 0.6) is 0 Å². The Labute approximate surface area is 105 Å². The number of thioether (sulfide) groups is 1. The Balaban J connectivity index is 1.93. The van der Waals surface area contributed by atoms with Gasteiger partial charge in [-0.3, -0.25) is 4.79 Å². The van der Waals surface area contributed by atoms with Crippen molar-refractivity contribution in [1.82, 2.24) is 0 Å². The molecule has 0 aliphatic carbocycles. The van der Waals surface area contributed by atoms with Crippen molar-refractivity contribution in [1.29, 1.82) is 0 Å². The minimum absolute atomic E-state index is 0.687. The second-order valence-electron chi connectivity index (χ2n) is 3.56. The van der Waals surface area contributed by atoms with Crippen LogP contribution in [-0.4, -0.2) is 6.41 Å². The molecule has 0 aromatic heterocycles. The maximum atomic E-state index is 10.3. The van der Waals surface area contributed by atoms with E-state index in [9.17, 15) is 4.79 Å². The second kappa shape index (κ2) is 6.11. The Morgan fingerprint density at radius 2 is 1.71 bits per heavy atom. The van der Waals surface area contributed by atoms with E-state index in [4.69, 9.17) is 0 Å². The van der Waals surface area contributed by atoms with Gasteiger partial charge in [0.25, 0.3) is 0 Å². The molecule has 0 aliphatic rings. The Hall–Kier alpha value is -1.74. The Morgan fingerprint density at radius 3 is 2.35 bits per heavy atom. The number of amides is 1. The molecule has 2 aromatic rings. The van der Waals surface area contributed by atoms with Crippen molar-refractivity contribution in [3.63, 3.8) is 0 Å². The predicted octanol–water partition coefficient (Wildman–Crippen LogP) is 3.55. The first-order valence-corrected chi connectivity index (χ1v) is 6.34. The third-order valence-corrected chi connectivity index (χ3v) is 3.41. The van der Waals surface area contributed by atoms with Crippen LogP contribution >= 0.6 is 11.8 Å².